The number of aromatic nitrogens is 1. The molecule has 0 aliphatic rings. The van der Waals surface area contributed by atoms with Crippen molar-refractivity contribution in [1.29, 1.82) is 0 Å². The van der Waals surface area contributed by atoms with E-state index in [1.54, 1.807) is 12.3 Å². The average molecular weight is 385 g/mol. The molecule has 0 radical (unpaired) electrons. The largest absolute Gasteiger partial charge is 0.505 e. The monoisotopic (exact) mass is 385 g/mol. The molecule has 4 rings (SSSR count). The van der Waals surface area contributed by atoms with Crippen molar-refractivity contribution >= 4 is 22.3 Å². The predicted molar refractivity (Wildman–Crippen MR) is 113 cm³/mol. The number of rotatable bonds is 5. The van der Waals surface area contributed by atoms with Gasteiger partial charge in [0.15, 0.2) is 0 Å². The number of non-ortho nitro benzene ring substituents is 1. The molecule has 2 N–H and O–H groups in total. The number of pyridine rings is 1. The maximum absolute atomic E-state index is 11.0. The second-order valence-corrected chi connectivity index (χ2v) is 6.82. The van der Waals surface area contributed by atoms with Crippen LogP contribution in [0.1, 0.15) is 22.7 Å². The first-order valence-electron chi connectivity index (χ1n) is 9.17. The summed E-state index contributed by atoms with van der Waals surface area (Å²) in [6, 6.07) is 21.6. The minimum Gasteiger partial charge on any atom is -0.505 e. The number of hydrogen-bond acceptors (Lipinski definition) is 5. The molecule has 0 aliphatic heterocycles. The third-order valence-electron chi connectivity index (χ3n) is 4.94. The molecule has 1 aromatic heterocycles. The molecule has 0 bridgehead atoms. The molecule has 6 nitrogen and oxygen atoms in total. The lowest BCUT2D eigenvalue weighted by Gasteiger charge is -2.23. The summed E-state index contributed by atoms with van der Waals surface area (Å²) < 4.78 is 0. The van der Waals surface area contributed by atoms with Crippen LogP contribution in [0.15, 0.2) is 79.0 Å². The standard InChI is InChI=1S/C23H19N3O3/c1-15-14-18(26(28)29)10-12-20(15)25-21(16-6-3-2-4-7-16)19-11-9-17-8-5-13-24-22(17)23(19)27/h2-14,21,25,27H,1H3. The van der Waals surface area contributed by atoms with E-state index < -0.39 is 4.92 Å². The van der Waals surface area contributed by atoms with Crippen LogP contribution in [-0.4, -0.2) is 15.0 Å². The number of aryl methyl sites for hydroxylation is 1. The Bertz CT molecular complexity index is 1190. The highest BCUT2D eigenvalue weighted by atomic mass is 16.6. The molecule has 1 heterocycles. The van der Waals surface area contributed by atoms with E-state index in [0.29, 0.717) is 11.1 Å². The molecule has 6 heteroatoms. The van der Waals surface area contributed by atoms with Crippen molar-refractivity contribution in [1.82, 2.24) is 4.98 Å². The Hall–Kier alpha value is -3.93. The fraction of sp³-hybridized carbons (Fsp3) is 0.0870. The van der Waals surface area contributed by atoms with Crippen molar-refractivity contribution in [3.05, 3.63) is 106 Å². The Kier molecular flexibility index (Phi) is 4.83. The van der Waals surface area contributed by atoms with Gasteiger partial charge in [-0.05, 0) is 30.2 Å². The Morgan fingerprint density at radius 2 is 1.83 bits per heavy atom. The van der Waals surface area contributed by atoms with Gasteiger partial charge >= 0.3 is 0 Å². The summed E-state index contributed by atoms with van der Waals surface area (Å²) in [6.45, 7) is 1.82. The van der Waals surface area contributed by atoms with Gasteiger partial charge in [-0.15, -0.1) is 0 Å². The summed E-state index contributed by atoms with van der Waals surface area (Å²) in [5.74, 6) is 0.115. The summed E-state index contributed by atoms with van der Waals surface area (Å²) in [6.07, 6.45) is 1.65. The van der Waals surface area contributed by atoms with Crippen LogP contribution in [-0.2, 0) is 0 Å². The number of nitro benzene ring substituents is 1. The average Bonchev–Trinajstić information content (AvgIpc) is 2.74. The number of aromatic hydroxyl groups is 1. The molecular formula is C23H19N3O3. The van der Waals surface area contributed by atoms with Gasteiger partial charge in [-0.25, -0.2) is 0 Å². The van der Waals surface area contributed by atoms with Gasteiger partial charge in [-0.2, -0.15) is 0 Å². The van der Waals surface area contributed by atoms with Gasteiger partial charge in [0.1, 0.15) is 11.3 Å². The van der Waals surface area contributed by atoms with E-state index in [9.17, 15) is 15.2 Å². The van der Waals surface area contributed by atoms with Crippen LogP contribution in [0.25, 0.3) is 10.9 Å². The molecule has 3 aromatic carbocycles. The fourth-order valence-corrected chi connectivity index (χ4v) is 3.44. The summed E-state index contributed by atoms with van der Waals surface area (Å²) in [5.41, 5.74) is 3.72. The van der Waals surface area contributed by atoms with Crippen molar-refractivity contribution in [3.8, 4) is 5.75 Å². The van der Waals surface area contributed by atoms with Gasteiger partial charge in [-0.3, -0.25) is 15.1 Å². The van der Waals surface area contributed by atoms with Crippen molar-refractivity contribution in [2.24, 2.45) is 0 Å². The van der Waals surface area contributed by atoms with Crippen LogP contribution in [0.4, 0.5) is 11.4 Å². The van der Waals surface area contributed by atoms with Gasteiger partial charge in [0.25, 0.3) is 5.69 Å². The van der Waals surface area contributed by atoms with Crippen LogP contribution in [0.5, 0.6) is 5.75 Å². The summed E-state index contributed by atoms with van der Waals surface area (Å²) in [4.78, 5) is 15.0. The zero-order valence-corrected chi connectivity index (χ0v) is 15.7. The first kappa shape index (κ1) is 18.4. The molecule has 0 amide bonds. The highest BCUT2D eigenvalue weighted by Gasteiger charge is 2.21. The summed E-state index contributed by atoms with van der Waals surface area (Å²) in [7, 11) is 0. The number of fused-ring (bicyclic) bond motifs is 1. The highest BCUT2D eigenvalue weighted by molar-refractivity contribution is 5.86. The highest BCUT2D eigenvalue weighted by Crippen LogP contribution is 2.37. The number of benzene rings is 3. The molecule has 0 aliphatic carbocycles. The molecule has 4 aromatic rings. The van der Waals surface area contributed by atoms with Crippen molar-refractivity contribution in [2.45, 2.75) is 13.0 Å². The number of nitro groups is 1. The van der Waals surface area contributed by atoms with Crippen molar-refractivity contribution < 1.29 is 10.0 Å². The Morgan fingerprint density at radius 1 is 1.03 bits per heavy atom. The lowest BCUT2D eigenvalue weighted by Crippen LogP contribution is -2.13. The van der Waals surface area contributed by atoms with Crippen molar-refractivity contribution in [3.63, 3.8) is 0 Å². The SMILES string of the molecule is Cc1cc([N+](=O)[O-])ccc1NC(c1ccccc1)c1ccc2cccnc2c1O. The second kappa shape index (κ2) is 7.59. The quantitative estimate of drug-likeness (QED) is 0.357. The molecule has 0 saturated carbocycles. The van der Waals surface area contributed by atoms with E-state index in [-0.39, 0.29) is 17.5 Å². The first-order chi connectivity index (χ1) is 14.0. The van der Waals surface area contributed by atoms with E-state index in [4.69, 9.17) is 0 Å². The Labute approximate surface area is 167 Å². The molecule has 1 atom stereocenters. The van der Waals surface area contributed by atoms with E-state index in [1.807, 2.05) is 61.5 Å². The normalized spacial score (nSPS) is 11.9. The van der Waals surface area contributed by atoms with E-state index in [1.165, 1.54) is 12.1 Å². The molecule has 144 valence electrons. The topological polar surface area (TPSA) is 88.3 Å². The van der Waals surface area contributed by atoms with Crippen LogP contribution in [0, 0.1) is 17.0 Å². The van der Waals surface area contributed by atoms with Crippen LogP contribution < -0.4 is 5.32 Å². The zero-order chi connectivity index (χ0) is 20.4. The first-order valence-corrected chi connectivity index (χ1v) is 9.17. The zero-order valence-electron chi connectivity index (χ0n) is 15.7. The van der Waals surface area contributed by atoms with E-state index in [0.717, 1.165) is 22.2 Å². The summed E-state index contributed by atoms with van der Waals surface area (Å²) in [5, 5.41) is 26.3. The van der Waals surface area contributed by atoms with Crippen LogP contribution in [0.2, 0.25) is 0 Å². The third kappa shape index (κ3) is 3.60. The van der Waals surface area contributed by atoms with Gasteiger partial charge in [0.2, 0.25) is 0 Å². The van der Waals surface area contributed by atoms with Gasteiger partial charge in [-0.1, -0.05) is 48.5 Å². The van der Waals surface area contributed by atoms with Crippen molar-refractivity contribution in [2.75, 3.05) is 5.32 Å². The molecular weight excluding hydrogens is 366 g/mol. The minimum absolute atomic E-state index is 0.0436. The van der Waals surface area contributed by atoms with E-state index in [2.05, 4.69) is 10.3 Å². The number of nitrogens with one attached hydrogen (secondary N) is 1. The van der Waals surface area contributed by atoms with Crippen LogP contribution in [0.3, 0.4) is 0 Å². The smallest absolute Gasteiger partial charge is 0.269 e. The fourth-order valence-electron chi connectivity index (χ4n) is 3.44. The summed E-state index contributed by atoms with van der Waals surface area (Å²) >= 11 is 0. The maximum Gasteiger partial charge on any atom is 0.269 e. The minimum atomic E-state index is -0.410. The maximum atomic E-state index is 11.0. The van der Waals surface area contributed by atoms with Gasteiger partial charge < -0.3 is 10.4 Å². The Balaban J connectivity index is 1.82. The van der Waals surface area contributed by atoms with Gasteiger partial charge in [0, 0.05) is 35.0 Å². The van der Waals surface area contributed by atoms with Gasteiger partial charge in [0.05, 0.1) is 11.0 Å². The second-order valence-electron chi connectivity index (χ2n) is 6.82. The number of nitrogens with zero attached hydrogens (tertiary/aromatic N) is 2. The molecule has 29 heavy (non-hydrogen) atoms. The molecule has 0 fully saturated rings. The lowest BCUT2D eigenvalue weighted by molar-refractivity contribution is -0.384. The number of phenolic OH excluding ortho intramolecular Hbond substituents is 1. The Morgan fingerprint density at radius 3 is 2.55 bits per heavy atom. The lowest BCUT2D eigenvalue weighted by atomic mass is 9.95. The number of anilines is 1. The van der Waals surface area contributed by atoms with Crippen LogP contribution >= 0.6 is 0 Å². The third-order valence-corrected chi connectivity index (χ3v) is 4.94. The molecule has 1 unspecified atom stereocenters. The number of hydrogen-bond donors (Lipinski definition) is 2. The molecule has 0 spiro atoms. The number of phenols is 1. The predicted octanol–water partition coefficient (Wildman–Crippen LogP) is 5.36. The molecule has 0 saturated heterocycles. The van der Waals surface area contributed by atoms with E-state index >= 15 is 0 Å².